The zero-order valence-corrected chi connectivity index (χ0v) is 15.0. The van der Waals surface area contributed by atoms with Gasteiger partial charge in [0.25, 0.3) is 0 Å². The lowest BCUT2D eigenvalue weighted by Crippen LogP contribution is -1.99. The Morgan fingerprint density at radius 1 is 1.29 bits per heavy atom. The van der Waals surface area contributed by atoms with Gasteiger partial charge in [0.1, 0.15) is 0 Å². The molecule has 0 aliphatic carbocycles. The number of rotatable bonds is 4. The predicted octanol–water partition coefficient (Wildman–Crippen LogP) is 5.24. The zero-order valence-electron chi connectivity index (χ0n) is 11.1. The molecule has 0 aliphatic rings. The molecule has 0 aliphatic heterocycles. The largest absolute Gasteiger partial charge is 0.423 e. The van der Waals surface area contributed by atoms with Crippen LogP contribution >= 0.6 is 43.2 Å². The van der Waals surface area contributed by atoms with Gasteiger partial charge in [-0.15, -0.1) is 21.5 Å². The summed E-state index contributed by atoms with van der Waals surface area (Å²) < 4.78 is 7.43. The molecule has 0 atom stereocenters. The van der Waals surface area contributed by atoms with Gasteiger partial charge in [0.05, 0.1) is 3.79 Å². The first-order chi connectivity index (χ1) is 10.1. The highest BCUT2D eigenvalue weighted by Crippen LogP contribution is 2.33. The standard InChI is InChI=1S/C14H11Br2N3OS/c1-8-2-3-9(14-19-18-7-20-14)4-12(8)17-6-10-5-11(15)13(16)21-10/h2-5,7,17H,6H2,1H3. The lowest BCUT2D eigenvalue weighted by molar-refractivity contribution is 0.568. The van der Waals surface area contributed by atoms with Gasteiger partial charge in [-0.3, -0.25) is 0 Å². The van der Waals surface area contributed by atoms with Crippen molar-refractivity contribution in [2.45, 2.75) is 13.5 Å². The van der Waals surface area contributed by atoms with Crippen LogP contribution in [0.3, 0.4) is 0 Å². The maximum atomic E-state index is 5.24. The number of anilines is 1. The normalized spacial score (nSPS) is 10.8. The summed E-state index contributed by atoms with van der Waals surface area (Å²) in [4.78, 5) is 1.25. The van der Waals surface area contributed by atoms with E-state index in [1.807, 2.05) is 18.2 Å². The number of benzene rings is 1. The molecule has 7 heteroatoms. The Balaban J connectivity index is 1.80. The first-order valence-electron chi connectivity index (χ1n) is 6.18. The second-order valence-electron chi connectivity index (χ2n) is 4.46. The molecule has 2 heterocycles. The van der Waals surface area contributed by atoms with Crippen molar-refractivity contribution < 1.29 is 4.42 Å². The van der Waals surface area contributed by atoms with Crippen LogP contribution in [0, 0.1) is 6.92 Å². The van der Waals surface area contributed by atoms with Crippen molar-refractivity contribution in [2.24, 2.45) is 0 Å². The molecule has 0 fully saturated rings. The van der Waals surface area contributed by atoms with Gasteiger partial charge < -0.3 is 9.73 Å². The molecule has 0 amide bonds. The van der Waals surface area contributed by atoms with E-state index in [2.05, 4.69) is 60.4 Å². The third-order valence-corrected chi connectivity index (χ3v) is 6.25. The molecule has 4 nitrogen and oxygen atoms in total. The Labute approximate surface area is 142 Å². The monoisotopic (exact) mass is 427 g/mol. The minimum atomic E-state index is 0.527. The molecule has 1 N–H and O–H groups in total. The van der Waals surface area contributed by atoms with Crippen molar-refractivity contribution in [3.63, 3.8) is 0 Å². The summed E-state index contributed by atoms with van der Waals surface area (Å²) in [5.41, 5.74) is 3.15. The van der Waals surface area contributed by atoms with Crippen molar-refractivity contribution in [1.29, 1.82) is 0 Å². The molecule has 0 saturated carbocycles. The lowest BCUT2D eigenvalue weighted by atomic mass is 10.1. The van der Waals surface area contributed by atoms with Gasteiger partial charge in [-0.1, -0.05) is 6.07 Å². The Bertz CT molecular complexity index is 736. The van der Waals surface area contributed by atoms with Gasteiger partial charge >= 0.3 is 0 Å². The number of thiophene rings is 1. The molecule has 1 aromatic carbocycles. The summed E-state index contributed by atoms with van der Waals surface area (Å²) in [5, 5.41) is 11.1. The van der Waals surface area contributed by atoms with Crippen LogP contribution in [0.5, 0.6) is 0 Å². The molecule has 21 heavy (non-hydrogen) atoms. The average Bonchev–Trinajstić information content (AvgIpc) is 3.09. The summed E-state index contributed by atoms with van der Waals surface area (Å²) in [6.45, 7) is 2.84. The second-order valence-corrected chi connectivity index (χ2v) is 7.77. The van der Waals surface area contributed by atoms with Crippen molar-refractivity contribution in [2.75, 3.05) is 5.32 Å². The highest BCUT2D eigenvalue weighted by Gasteiger charge is 2.08. The third kappa shape index (κ3) is 3.36. The number of aryl methyl sites for hydroxylation is 1. The third-order valence-electron chi connectivity index (χ3n) is 2.99. The Morgan fingerprint density at radius 2 is 2.14 bits per heavy atom. The van der Waals surface area contributed by atoms with E-state index < -0.39 is 0 Å². The van der Waals surface area contributed by atoms with Crippen LogP contribution in [0.4, 0.5) is 5.69 Å². The molecular formula is C14H11Br2N3OS. The van der Waals surface area contributed by atoms with Gasteiger partial charge in [0, 0.05) is 27.1 Å². The summed E-state index contributed by atoms with van der Waals surface area (Å²) in [7, 11) is 0. The van der Waals surface area contributed by atoms with Crippen molar-refractivity contribution in [1.82, 2.24) is 10.2 Å². The van der Waals surface area contributed by atoms with E-state index in [9.17, 15) is 0 Å². The van der Waals surface area contributed by atoms with E-state index in [1.54, 1.807) is 11.3 Å². The van der Waals surface area contributed by atoms with Crippen LogP contribution in [0.15, 0.2) is 43.3 Å². The molecule has 3 rings (SSSR count). The second kappa shape index (κ2) is 6.29. The fraction of sp³-hybridized carbons (Fsp3) is 0.143. The molecule has 0 unspecified atom stereocenters. The zero-order chi connectivity index (χ0) is 14.8. The van der Waals surface area contributed by atoms with E-state index >= 15 is 0 Å². The van der Waals surface area contributed by atoms with Crippen LogP contribution in [0.2, 0.25) is 0 Å². The van der Waals surface area contributed by atoms with Gasteiger partial charge in [0.2, 0.25) is 12.3 Å². The van der Waals surface area contributed by atoms with Gasteiger partial charge in [-0.2, -0.15) is 0 Å². The summed E-state index contributed by atoms with van der Waals surface area (Å²) in [6, 6.07) is 8.16. The van der Waals surface area contributed by atoms with Crippen molar-refractivity contribution in [3.05, 3.63) is 49.4 Å². The summed E-state index contributed by atoms with van der Waals surface area (Å²) >= 11 is 8.72. The summed E-state index contributed by atoms with van der Waals surface area (Å²) in [6.07, 6.45) is 1.34. The summed E-state index contributed by atoms with van der Waals surface area (Å²) in [5.74, 6) is 0.527. The number of aromatic nitrogens is 2. The number of hydrogen-bond donors (Lipinski definition) is 1. The quantitative estimate of drug-likeness (QED) is 0.616. The molecule has 0 radical (unpaired) electrons. The smallest absolute Gasteiger partial charge is 0.247 e. The Hall–Kier alpha value is -1.18. The minimum absolute atomic E-state index is 0.527. The number of hydrogen-bond acceptors (Lipinski definition) is 5. The number of nitrogens with zero attached hydrogens (tertiary/aromatic N) is 2. The molecule has 0 saturated heterocycles. The Morgan fingerprint density at radius 3 is 2.81 bits per heavy atom. The van der Waals surface area contributed by atoms with E-state index in [0.29, 0.717) is 5.89 Å². The van der Waals surface area contributed by atoms with E-state index in [-0.39, 0.29) is 0 Å². The average molecular weight is 429 g/mol. The van der Waals surface area contributed by atoms with Gasteiger partial charge in [0.15, 0.2) is 0 Å². The SMILES string of the molecule is Cc1ccc(-c2nnco2)cc1NCc1cc(Br)c(Br)s1. The molecule has 0 spiro atoms. The first kappa shape index (κ1) is 14.7. The fourth-order valence-corrected chi connectivity index (χ4v) is 4.02. The van der Waals surface area contributed by atoms with Crippen molar-refractivity contribution >= 4 is 48.9 Å². The predicted molar refractivity (Wildman–Crippen MR) is 91.5 cm³/mol. The minimum Gasteiger partial charge on any atom is -0.423 e. The Kier molecular flexibility index (Phi) is 4.42. The van der Waals surface area contributed by atoms with E-state index in [1.165, 1.54) is 16.8 Å². The van der Waals surface area contributed by atoms with Crippen LogP contribution in [-0.2, 0) is 6.54 Å². The maximum Gasteiger partial charge on any atom is 0.247 e. The van der Waals surface area contributed by atoms with Crippen LogP contribution < -0.4 is 5.32 Å². The first-order valence-corrected chi connectivity index (χ1v) is 8.58. The highest BCUT2D eigenvalue weighted by molar-refractivity contribution is 9.13. The van der Waals surface area contributed by atoms with Gasteiger partial charge in [-0.25, -0.2) is 0 Å². The van der Waals surface area contributed by atoms with E-state index in [4.69, 9.17) is 4.42 Å². The van der Waals surface area contributed by atoms with Crippen LogP contribution in [0.1, 0.15) is 10.4 Å². The maximum absolute atomic E-state index is 5.24. The highest BCUT2D eigenvalue weighted by atomic mass is 79.9. The van der Waals surface area contributed by atoms with Crippen LogP contribution in [0.25, 0.3) is 11.5 Å². The fourth-order valence-electron chi connectivity index (χ4n) is 1.91. The van der Waals surface area contributed by atoms with Crippen LogP contribution in [-0.4, -0.2) is 10.2 Å². The topological polar surface area (TPSA) is 51.0 Å². The number of halogens is 2. The van der Waals surface area contributed by atoms with Gasteiger partial charge in [-0.05, 0) is 62.5 Å². The molecular weight excluding hydrogens is 418 g/mol. The number of nitrogens with one attached hydrogen (secondary N) is 1. The molecule has 0 bridgehead atoms. The molecule has 108 valence electrons. The lowest BCUT2D eigenvalue weighted by Gasteiger charge is -2.09. The van der Waals surface area contributed by atoms with E-state index in [0.717, 1.165) is 26.1 Å². The molecule has 2 aromatic heterocycles. The van der Waals surface area contributed by atoms with Crippen molar-refractivity contribution in [3.8, 4) is 11.5 Å². The molecule has 3 aromatic rings.